The first kappa shape index (κ1) is 27.3. The van der Waals surface area contributed by atoms with Gasteiger partial charge in [-0.1, -0.05) is 6.92 Å². The van der Waals surface area contributed by atoms with Crippen LogP contribution in [0.3, 0.4) is 0 Å². The molecule has 4 rings (SSSR count). The number of anilines is 2. The maximum atomic E-state index is 14.9. The first-order valence-electron chi connectivity index (χ1n) is 12.9. The monoisotopic (exact) mass is 530 g/mol. The molecule has 4 heterocycles. The molecule has 12 nitrogen and oxygen atoms in total. The number of hydrogen-bond acceptors (Lipinski definition) is 9. The van der Waals surface area contributed by atoms with Crippen LogP contribution in [-0.4, -0.2) is 90.1 Å². The Balaban J connectivity index is 1.35. The van der Waals surface area contributed by atoms with Crippen molar-refractivity contribution >= 4 is 23.8 Å². The fourth-order valence-corrected chi connectivity index (χ4v) is 4.58. The highest BCUT2D eigenvalue weighted by Gasteiger charge is 2.35. The van der Waals surface area contributed by atoms with Crippen molar-refractivity contribution in [2.75, 3.05) is 50.1 Å². The number of piperidine rings is 2. The number of aromatic nitrogens is 3. The van der Waals surface area contributed by atoms with Crippen LogP contribution in [0.5, 0.6) is 11.6 Å². The van der Waals surface area contributed by atoms with E-state index in [0.717, 1.165) is 19.5 Å². The van der Waals surface area contributed by atoms with Crippen molar-refractivity contribution in [3.63, 3.8) is 0 Å². The molecule has 2 aliphatic heterocycles. The zero-order valence-corrected chi connectivity index (χ0v) is 21.9. The number of pyridine rings is 1. The van der Waals surface area contributed by atoms with Crippen LogP contribution in [-0.2, 0) is 0 Å². The maximum Gasteiger partial charge on any atom is 0.412 e. The number of nitrogens with zero attached hydrogens (tertiary/aromatic N) is 5. The quantitative estimate of drug-likeness (QED) is 0.493. The van der Waals surface area contributed by atoms with Crippen molar-refractivity contribution in [3.05, 3.63) is 30.7 Å². The first-order chi connectivity index (χ1) is 18.3. The average molecular weight is 531 g/mol. The van der Waals surface area contributed by atoms with Gasteiger partial charge in [-0.25, -0.2) is 28.9 Å². The van der Waals surface area contributed by atoms with E-state index in [1.807, 2.05) is 11.8 Å². The van der Waals surface area contributed by atoms with Gasteiger partial charge in [-0.3, -0.25) is 5.32 Å². The average Bonchev–Trinajstić information content (AvgIpc) is 2.91. The Kier molecular flexibility index (Phi) is 9.10. The van der Waals surface area contributed by atoms with E-state index in [2.05, 4.69) is 37.8 Å². The molecule has 0 unspecified atom stereocenters. The van der Waals surface area contributed by atoms with Crippen LogP contribution in [0.2, 0.25) is 0 Å². The van der Waals surface area contributed by atoms with E-state index in [-0.39, 0.29) is 24.8 Å². The van der Waals surface area contributed by atoms with Crippen LogP contribution in [0.4, 0.5) is 25.6 Å². The molecule has 3 N–H and O–H groups in total. The van der Waals surface area contributed by atoms with Crippen LogP contribution >= 0.6 is 0 Å². The summed E-state index contributed by atoms with van der Waals surface area (Å²) in [6, 6.07) is 2.06. The maximum absolute atomic E-state index is 14.9. The third kappa shape index (κ3) is 6.97. The normalized spacial score (nSPS) is 23.3. The summed E-state index contributed by atoms with van der Waals surface area (Å²) < 4.78 is 25.7. The minimum absolute atomic E-state index is 0.0460. The molecule has 2 aliphatic rings. The first-order valence-corrected chi connectivity index (χ1v) is 12.9. The minimum Gasteiger partial charge on any atom is -0.477 e. The number of nitrogens with one attached hydrogen (secondary N) is 3. The van der Waals surface area contributed by atoms with Crippen molar-refractivity contribution in [3.8, 4) is 11.6 Å². The molecule has 2 aromatic heterocycles. The van der Waals surface area contributed by atoms with Crippen LogP contribution in [0.1, 0.15) is 26.7 Å². The molecule has 13 heteroatoms. The summed E-state index contributed by atoms with van der Waals surface area (Å²) in [4.78, 5) is 41.1. The SMILES string of the molecule is CCOc1cnc(NC(=O)N(C)[C@H]2CN(c3cc(OC(=O)N[C@@H]4CCNC[C@@H]4C)ccn3)CC[C@H]2F)cn1. The van der Waals surface area contributed by atoms with E-state index in [9.17, 15) is 14.0 Å². The second-order valence-electron chi connectivity index (χ2n) is 9.49. The number of rotatable bonds is 7. The van der Waals surface area contributed by atoms with Gasteiger partial charge >= 0.3 is 12.1 Å². The second-order valence-corrected chi connectivity index (χ2v) is 9.49. The number of alkyl halides is 1. The molecule has 2 fully saturated rings. The lowest BCUT2D eigenvalue weighted by Crippen LogP contribution is -2.55. The van der Waals surface area contributed by atoms with Gasteiger partial charge in [0.15, 0.2) is 5.82 Å². The van der Waals surface area contributed by atoms with Gasteiger partial charge in [0.05, 0.1) is 25.0 Å². The van der Waals surface area contributed by atoms with E-state index in [4.69, 9.17) is 9.47 Å². The molecular formula is C25H35FN8O4. The van der Waals surface area contributed by atoms with Crippen molar-refractivity contribution < 1.29 is 23.5 Å². The number of carbonyl (C=O) groups excluding carboxylic acids is 2. The van der Waals surface area contributed by atoms with E-state index >= 15 is 0 Å². The topological polar surface area (TPSA) is 134 Å². The van der Waals surface area contributed by atoms with E-state index in [1.54, 1.807) is 18.3 Å². The number of carbonyl (C=O) groups is 2. The van der Waals surface area contributed by atoms with Gasteiger partial charge in [-0.05, 0) is 44.8 Å². The number of amides is 3. The second kappa shape index (κ2) is 12.7. The fourth-order valence-electron chi connectivity index (χ4n) is 4.58. The highest BCUT2D eigenvalue weighted by molar-refractivity contribution is 5.88. The lowest BCUT2D eigenvalue weighted by Gasteiger charge is -2.40. The van der Waals surface area contributed by atoms with Crippen molar-refractivity contribution in [1.29, 1.82) is 0 Å². The van der Waals surface area contributed by atoms with Crippen LogP contribution in [0, 0.1) is 5.92 Å². The molecule has 0 bridgehead atoms. The Morgan fingerprint density at radius 2 is 2.11 bits per heavy atom. The zero-order chi connectivity index (χ0) is 27.1. The number of urea groups is 1. The Hall–Kier alpha value is -3.74. The van der Waals surface area contributed by atoms with Gasteiger partial charge in [0.25, 0.3) is 0 Å². The van der Waals surface area contributed by atoms with Crippen molar-refractivity contribution in [1.82, 2.24) is 30.5 Å². The van der Waals surface area contributed by atoms with Crippen LogP contribution in [0.15, 0.2) is 30.7 Å². The molecule has 0 saturated carbocycles. The summed E-state index contributed by atoms with van der Waals surface area (Å²) in [5, 5.41) is 8.87. The van der Waals surface area contributed by atoms with Gasteiger partial charge in [0.2, 0.25) is 5.88 Å². The third-order valence-corrected chi connectivity index (χ3v) is 6.81. The molecule has 0 spiro atoms. The van der Waals surface area contributed by atoms with E-state index < -0.39 is 24.3 Å². The number of ether oxygens (including phenoxy) is 2. The zero-order valence-electron chi connectivity index (χ0n) is 21.9. The van der Waals surface area contributed by atoms with Crippen molar-refractivity contribution in [2.24, 2.45) is 5.92 Å². The van der Waals surface area contributed by atoms with Gasteiger partial charge in [0.1, 0.15) is 17.7 Å². The molecule has 4 atom stereocenters. The summed E-state index contributed by atoms with van der Waals surface area (Å²) >= 11 is 0. The molecular weight excluding hydrogens is 495 g/mol. The van der Waals surface area contributed by atoms with Gasteiger partial charge < -0.3 is 29.9 Å². The molecule has 38 heavy (non-hydrogen) atoms. The van der Waals surface area contributed by atoms with Gasteiger partial charge in [-0.2, -0.15) is 0 Å². The minimum atomic E-state index is -1.22. The Morgan fingerprint density at radius 3 is 2.84 bits per heavy atom. The summed E-state index contributed by atoms with van der Waals surface area (Å²) in [5.41, 5.74) is 0. The van der Waals surface area contributed by atoms with E-state index in [0.29, 0.717) is 36.5 Å². The molecule has 206 valence electrons. The summed E-state index contributed by atoms with van der Waals surface area (Å²) in [6.45, 7) is 6.68. The Bertz CT molecular complexity index is 1090. The predicted octanol–water partition coefficient (Wildman–Crippen LogP) is 2.44. The molecule has 0 aliphatic carbocycles. The smallest absolute Gasteiger partial charge is 0.412 e. The van der Waals surface area contributed by atoms with Crippen molar-refractivity contribution in [2.45, 2.75) is 44.9 Å². The molecule has 0 aromatic carbocycles. The molecule has 2 aromatic rings. The number of halogens is 1. The lowest BCUT2D eigenvalue weighted by atomic mass is 9.96. The largest absolute Gasteiger partial charge is 0.477 e. The molecule has 3 amide bonds. The van der Waals surface area contributed by atoms with Gasteiger partial charge in [0, 0.05) is 38.4 Å². The standard InChI is InChI=1S/C25H35FN8O4/c1-4-37-23-14-29-21(13-30-23)32-24(35)33(3)20-15-34(10-7-18(20)26)22-11-17(5-9-28-22)38-25(36)31-19-6-8-27-12-16(19)2/h5,9,11,13-14,16,18-20,27H,4,6-8,10,12,15H2,1-3H3,(H,31,36)(H,29,32,35)/t16-,18+,19+,20-/m0/s1. The third-order valence-electron chi connectivity index (χ3n) is 6.81. The number of likely N-dealkylation sites (N-methyl/N-ethyl adjacent to an activating group) is 1. The molecule has 0 radical (unpaired) electrons. The Morgan fingerprint density at radius 1 is 1.26 bits per heavy atom. The lowest BCUT2D eigenvalue weighted by molar-refractivity contribution is 0.133. The highest BCUT2D eigenvalue weighted by atomic mass is 19.1. The number of hydrogen-bond donors (Lipinski definition) is 3. The van der Waals surface area contributed by atoms with E-state index in [1.165, 1.54) is 24.3 Å². The summed E-state index contributed by atoms with van der Waals surface area (Å²) in [6.07, 6.45) is 3.65. The fraction of sp³-hybridized carbons (Fsp3) is 0.560. The van der Waals surface area contributed by atoms with Crippen LogP contribution < -0.4 is 30.3 Å². The van der Waals surface area contributed by atoms with Crippen LogP contribution in [0.25, 0.3) is 0 Å². The predicted molar refractivity (Wildman–Crippen MR) is 139 cm³/mol. The highest BCUT2D eigenvalue weighted by Crippen LogP contribution is 2.26. The summed E-state index contributed by atoms with van der Waals surface area (Å²) in [7, 11) is 1.54. The Labute approximate surface area is 221 Å². The van der Waals surface area contributed by atoms with Gasteiger partial charge in [-0.15, -0.1) is 0 Å². The molecule has 2 saturated heterocycles. The summed E-state index contributed by atoms with van der Waals surface area (Å²) in [5.74, 6) is 1.76.